The minimum absolute atomic E-state index is 0.0367. The molecule has 17 heavy (non-hydrogen) atoms. The standard InChI is InChI=1S/C9H8F3N5/c10-9(11,12)4-17-5-14-16-8(17)6-2-1-3-7(13)15-6/h1-3,5H,4H2,(H2,13,15). The van der Waals surface area contributed by atoms with E-state index in [2.05, 4.69) is 15.2 Å². The molecule has 2 aromatic heterocycles. The molecule has 0 aliphatic heterocycles. The Morgan fingerprint density at radius 3 is 2.71 bits per heavy atom. The van der Waals surface area contributed by atoms with Gasteiger partial charge in [-0.15, -0.1) is 10.2 Å². The van der Waals surface area contributed by atoms with E-state index in [-0.39, 0.29) is 17.3 Å². The fourth-order valence-corrected chi connectivity index (χ4v) is 1.34. The molecule has 0 aliphatic rings. The molecule has 2 rings (SSSR count). The van der Waals surface area contributed by atoms with E-state index in [0.29, 0.717) is 0 Å². The number of anilines is 1. The van der Waals surface area contributed by atoms with Crippen molar-refractivity contribution in [3.8, 4) is 11.5 Å². The van der Waals surface area contributed by atoms with Crippen LogP contribution in [0.2, 0.25) is 0 Å². The number of nitrogens with zero attached hydrogens (tertiary/aromatic N) is 4. The molecule has 0 saturated heterocycles. The molecule has 8 heteroatoms. The number of alkyl halides is 3. The molecule has 0 aromatic carbocycles. The zero-order valence-electron chi connectivity index (χ0n) is 8.52. The molecule has 0 spiro atoms. The largest absolute Gasteiger partial charge is 0.406 e. The average molecular weight is 243 g/mol. The molecule has 2 aromatic rings. The van der Waals surface area contributed by atoms with Gasteiger partial charge in [0.15, 0.2) is 5.82 Å². The van der Waals surface area contributed by atoms with Crippen LogP contribution >= 0.6 is 0 Å². The summed E-state index contributed by atoms with van der Waals surface area (Å²) in [5, 5.41) is 7.05. The van der Waals surface area contributed by atoms with E-state index < -0.39 is 12.7 Å². The van der Waals surface area contributed by atoms with Gasteiger partial charge in [0.2, 0.25) is 0 Å². The second-order valence-electron chi connectivity index (χ2n) is 3.35. The summed E-state index contributed by atoms with van der Waals surface area (Å²) < 4.78 is 37.7. The van der Waals surface area contributed by atoms with Crippen LogP contribution in [0, 0.1) is 0 Å². The summed E-state index contributed by atoms with van der Waals surface area (Å²) in [5.41, 5.74) is 5.71. The predicted octanol–water partition coefficient (Wildman–Crippen LogP) is 1.48. The summed E-state index contributed by atoms with van der Waals surface area (Å²) in [6, 6.07) is 4.64. The lowest BCUT2D eigenvalue weighted by molar-refractivity contribution is -0.140. The molecule has 0 amide bonds. The Morgan fingerprint density at radius 2 is 2.06 bits per heavy atom. The van der Waals surface area contributed by atoms with Gasteiger partial charge in [0.1, 0.15) is 24.4 Å². The average Bonchev–Trinajstić information content (AvgIpc) is 2.63. The molecule has 0 radical (unpaired) electrons. The Kier molecular flexibility index (Phi) is 2.70. The van der Waals surface area contributed by atoms with Crippen molar-refractivity contribution >= 4 is 5.82 Å². The summed E-state index contributed by atoms with van der Waals surface area (Å²) in [6.07, 6.45) is -3.33. The molecule has 2 N–H and O–H groups in total. The van der Waals surface area contributed by atoms with E-state index in [9.17, 15) is 13.2 Å². The number of nitrogen functional groups attached to an aromatic ring is 1. The van der Waals surface area contributed by atoms with Crippen molar-refractivity contribution in [3.63, 3.8) is 0 Å². The zero-order chi connectivity index (χ0) is 12.5. The number of aromatic nitrogens is 4. The van der Waals surface area contributed by atoms with Crippen molar-refractivity contribution < 1.29 is 13.2 Å². The van der Waals surface area contributed by atoms with Crippen LogP contribution in [-0.4, -0.2) is 25.9 Å². The first-order valence-corrected chi connectivity index (χ1v) is 4.63. The SMILES string of the molecule is Nc1cccc(-c2nncn2CC(F)(F)F)n1. The van der Waals surface area contributed by atoms with Gasteiger partial charge < -0.3 is 10.3 Å². The fraction of sp³-hybridized carbons (Fsp3) is 0.222. The zero-order valence-corrected chi connectivity index (χ0v) is 8.52. The number of pyridine rings is 1. The molecule has 0 unspecified atom stereocenters. The van der Waals surface area contributed by atoms with Crippen molar-refractivity contribution in [3.05, 3.63) is 24.5 Å². The Hall–Kier alpha value is -2.12. The molecule has 0 fully saturated rings. The van der Waals surface area contributed by atoms with Gasteiger partial charge in [-0.25, -0.2) is 4.98 Å². The summed E-state index contributed by atoms with van der Waals surface area (Å²) in [6.45, 7) is -1.16. The molecular formula is C9H8F3N5. The highest BCUT2D eigenvalue weighted by molar-refractivity contribution is 5.52. The maximum atomic E-state index is 12.3. The highest BCUT2D eigenvalue weighted by atomic mass is 19.4. The first kappa shape index (κ1) is 11.4. The van der Waals surface area contributed by atoms with Gasteiger partial charge in [-0.2, -0.15) is 13.2 Å². The third-order valence-corrected chi connectivity index (χ3v) is 1.96. The number of hydrogen-bond donors (Lipinski definition) is 1. The normalized spacial score (nSPS) is 11.7. The van der Waals surface area contributed by atoms with E-state index in [1.807, 2.05) is 0 Å². The third kappa shape index (κ3) is 2.71. The first-order chi connectivity index (χ1) is 7.96. The summed E-state index contributed by atoms with van der Waals surface area (Å²) in [5.74, 6) is 0.249. The Balaban J connectivity index is 2.37. The van der Waals surface area contributed by atoms with Crippen LogP contribution in [0.3, 0.4) is 0 Å². The maximum absolute atomic E-state index is 12.3. The van der Waals surface area contributed by atoms with Gasteiger partial charge in [-0.05, 0) is 12.1 Å². The summed E-state index contributed by atoms with van der Waals surface area (Å²) in [7, 11) is 0. The van der Waals surface area contributed by atoms with Gasteiger partial charge in [0, 0.05) is 0 Å². The van der Waals surface area contributed by atoms with E-state index in [0.717, 1.165) is 10.9 Å². The lowest BCUT2D eigenvalue weighted by atomic mass is 10.3. The van der Waals surface area contributed by atoms with Crippen LogP contribution in [0.4, 0.5) is 19.0 Å². The van der Waals surface area contributed by atoms with Crippen molar-refractivity contribution in [1.82, 2.24) is 19.7 Å². The van der Waals surface area contributed by atoms with E-state index in [1.165, 1.54) is 12.1 Å². The van der Waals surface area contributed by atoms with Crippen molar-refractivity contribution in [2.75, 3.05) is 5.73 Å². The lowest BCUT2D eigenvalue weighted by Crippen LogP contribution is -2.18. The van der Waals surface area contributed by atoms with Crippen molar-refractivity contribution in [2.45, 2.75) is 12.7 Å². The maximum Gasteiger partial charge on any atom is 0.406 e. The van der Waals surface area contributed by atoms with Crippen LogP contribution < -0.4 is 5.73 Å². The molecule has 0 atom stereocenters. The lowest BCUT2D eigenvalue weighted by Gasteiger charge is -2.09. The minimum atomic E-state index is -4.34. The molecule has 0 bridgehead atoms. The van der Waals surface area contributed by atoms with Crippen molar-refractivity contribution in [1.29, 1.82) is 0 Å². The fourth-order valence-electron chi connectivity index (χ4n) is 1.34. The van der Waals surface area contributed by atoms with Gasteiger partial charge in [0.05, 0.1) is 0 Å². The number of hydrogen-bond acceptors (Lipinski definition) is 4. The molecule has 90 valence electrons. The Labute approximate surface area is 94.1 Å². The van der Waals surface area contributed by atoms with E-state index >= 15 is 0 Å². The van der Waals surface area contributed by atoms with Crippen molar-refractivity contribution in [2.24, 2.45) is 0 Å². The van der Waals surface area contributed by atoms with Gasteiger partial charge in [-0.3, -0.25) is 0 Å². The molecule has 0 saturated carbocycles. The van der Waals surface area contributed by atoms with E-state index in [4.69, 9.17) is 5.73 Å². The van der Waals surface area contributed by atoms with E-state index in [1.54, 1.807) is 6.07 Å². The monoisotopic (exact) mass is 243 g/mol. The van der Waals surface area contributed by atoms with Gasteiger partial charge in [0.25, 0.3) is 0 Å². The van der Waals surface area contributed by atoms with Crippen LogP contribution in [0.25, 0.3) is 11.5 Å². The van der Waals surface area contributed by atoms with Crippen LogP contribution in [0.1, 0.15) is 0 Å². The Bertz CT molecular complexity index is 519. The highest BCUT2D eigenvalue weighted by Gasteiger charge is 2.29. The second-order valence-corrected chi connectivity index (χ2v) is 3.35. The molecular weight excluding hydrogens is 235 g/mol. The van der Waals surface area contributed by atoms with Gasteiger partial charge in [-0.1, -0.05) is 6.07 Å². The predicted molar refractivity (Wildman–Crippen MR) is 53.7 cm³/mol. The number of halogens is 3. The highest BCUT2D eigenvalue weighted by Crippen LogP contribution is 2.21. The number of nitrogens with two attached hydrogens (primary N) is 1. The summed E-state index contributed by atoms with van der Waals surface area (Å²) in [4.78, 5) is 3.89. The van der Waals surface area contributed by atoms with Crippen LogP contribution in [-0.2, 0) is 6.54 Å². The van der Waals surface area contributed by atoms with Crippen LogP contribution in [0.5, 0.6) is 0 Å². The quantitative estimate of drug-likeness (QED) is 0.867. The Morgan fingerprint density at radius 1 is 1.29 bits per heavy atom. The minimum Gasteiger partial charge on any atom is -0.384 e. The van der Waals surface area contributed by atoms with Gasteiger partial charge >= 0.3 is 6.18 Å². The smallest absolute Gasteiger partial charge is 0.384 e. The third-order valence-electron chi connectivity index (χ3n) is 1.96. The van der Waals surface area contributed by atoms with Crippen LogP contribution in [0.15, 0.2) is 24.5 Å². The molecule has 5 nitrogen and oxygen atoms in total. The molecule has 2 heterocycles. The topological polar surface area (TPSA) is 69.6 Å². The second kappa shape index (κ2) is 4.04. The first-order valence-electron chi connectivity index (χ1n) is 4.63. The number of rotatable bonds is 2. The summed E-state index contributed by atoms with van der Waals surface area (Å²) >= 11 is 0. The molecule has 0 aliphatic carbocycles.